The molecule has 0 radical (unpaired) electrons. The highest BCUT2D eigenvalue weighted by Gasteiger charge is 2.23. The monoisotopic (exact) mass is 910 g/mol. The summed E-state index contributed by atoms with van der Waals surface area (Å²) < 4.78 is 18.1. The second-order valence-corrected chi connectivity index (χ2v) is 18.1. The zero-order valence-corrected chi connectivity index (χ0v) is 38.5. The largest absolute Gasteiger partial charge is 0.455 e. The molecule has 14 aromatic rings. The summed E-state index contributed by atoms with van der Waals surface area (Å²) in [4.78, 5) is 10.2. The van der Waals surface area contributed by atoms with Crippen molar-refractivity contribution in [2.24, 2.45) is 9.98 Å². The molecule has 6 nitrogen and oxygen atoms in total. The van der Waals surface area contributed by atoms with Gasteiger partial charge in [0.1, 0.15) is 22.3 Å². The molecule has 14 rings (SSSR count). The van der Waals surface area contributed by atoms with Crippen molar-refractivity contribution in [1.29, 1.82) is 0 Å². The molecule has 0 atom stereocenters. The quantitative estimate of drug-likeness (QED) is 0.113. The number of furan rings is 2. The fourth-order valence-corrected chi connectivity index (χ4v) is 11.0. The number of rotatable bonds is 8. The molecule has 4 heterocycles. The second kappa shape index (κ2) is 16.3. The molecule has 0 spiro atoms. The molecular weight excluding hydrogens is 869 g/mol. The fourth-order valence-electron chi connectivity index (χ4n) is 11.0. The fraction of sp³-hybridized carbons (Fsp3) is 0.0154. The van der Waals surface area contributed by atoms with Gasteiger partial charge in [-0.1, -0.05) is 164 Å². The summed E-state index contributed by atoms with van der Waals surface area (Å²) in [7, 11) is 0. The summed E-state index contributed by atoms with van der Waals surface area (Å²) in [5.74, 6) is 0.528. The number of aliphatic imine (C=N–C) groups is 2. The van der Waals surface area contributed by atoms with Crippen LogP contribution in [0.2, 0.25) is 0 Å². The van der Waals surface area contributed by atoms with Crippen LogP contribution < -0.4 is 0 Å². The lowest BCUT2D eigenvalue weighted by Crippen LogP contribution is -2.03. The van der Waals surface area contributed by atoms with Gasteiger partial charge in [0, 0.05) is 49.1 Å². The van der Waals surface area contributed by atoms with Gasteiger partial charge in [0.2, 0.25) is 0 Å². The Morgan fingerprint density at radius 2 is 0.958 bits per heavy atom. The molecule has 10 aromatic carbocycles. The molecular formula is C65H42N4O2. The Hall–Kier alpha value is -9.52. The molecule has 0 unspecified atom stereocenters. The Kier molecular flexibility index (Phi) is 9.32. The number of aromatic nitrogens is 2. The number of hydrogen-bond donors (Lipinski definition) is 0. The van der Waals surface area contributed by atoms with Gasteiger partial charge in [-0.2, -0.15) is 0 Å². The van der Waals surface area contributed by atoms with Crippen LogP contribution in [0.25, 0.3) is 116 Å². The van der Waals surface area contributed by atoms with E-state index in [0.29, 0.717) is 12.3 Å². The van der Waals surface area contributed by atoms with Crippen LogP contribution in [0.3, 0.4) is 0 Å². The molecule has 0 N–H and O–H groups in total. The Balaban J connectivity index is 0.983. The zero-order valence-electron chi connectivity index (χ0n) is 38.5. The molecule has 0 aliphatic carbocycles. The van der Waals surface area contributed by atoms with E-state index in [9.17, 15) is 0 Å². The van der Waals surface area contributed by atoms with Gasteiger partial charge in [0.05, 0.1) is 44.2 Å². The first-order valence-electron chi connectivity index (χ1n) is 24.0. The van der Waals surface area contributed by atoms with Gasteiger partial charge < -0.3 is 18.0 Å². The standard InChI is InChI=1S/C65H42N4O2/c1-66-65(44-22-17-21-43(40-44)41-18-3-2-4-19-41)67-52(49-25-6-12-29-54(49)69-56-31-14-8-27-51(56)62-58(69)39-36-48-46-24-10-16-33-60(46)71-64(48)62)37-34-42-20-5-11-28-53(42)68-55-30-13-7-26-50(55)61-57(68)38-35-47-45-23-9-15-32-59(45)70-63(47)61/h2-33,35-40H,1,34H2/b52-37-,67-65-. The third-order valence-electron chi connectivity index (χ3n) is 14.1. The smallest absolute Gasteiger partial charge is 0.159 e. The summed E-state index contributed by atoms with van der Waals surface area (Å²) in [5.41, 5.74) is 15.8. The summed E-state index contributed by atoms with van der Waals surface area (Å²) in [6.07, 6.45) is 2.81. The molecule has 334 valence electrons. The maximum Gasteiger partial charge on any atom is 0.159 e. The van der Waals surface area contributed by atoms with Crippen LogP contribution in [0, 0.1) is 0 Å². The Morgan fingerprint density at radius 1 is 0.437 bits per heavy atom. The summed E-state index contributed by atoms with van der Waals surface area (Å²) >= 11 is 0. The van der Waals surface area contributed by atoms with E-state index in [1.54, 1.807) is 0 Å². The van der Waals surface area contributed by atoms with Crippen molar-refractivity contribution in [1.82, 2.24) is 9.13 Å². The number of fused-ring (bicyclic) bond motifs is 14. The van der Waals surface area contributed by atoms with Gasteiger partial charge in [-0.15, -0.1) is 0 Å². The van der Waals surface area contributed by atoms with Gasteiger partial charge in [-0.05, 0) is 96.6 Å². The number of amidine groups is 1. The topological polar surface area (TPSA) is 60.9 Å². The minimum Gasteiger partial charge on any atom is -0.455 e. The van der Waals surface area contributed by atoms with Crippen LogP contribution in [0.4, 0.5) is 0 Å². The molecule has 4 aromatic heterocycles. The van der Waals surface area contributed by atoms with Gasteiger partial charge in [-0.3, -0.25) is 0 Å². The van der Waals surface area contributed by atoms with Crippen molar-refractivity contribution in [2.45, 2.75) is 6.42 Å². The first kappa shape index (κ1) is 40.5. The van der Waals surface area contributed by atoms with Gasteiger partial charge in [0.15, 0.2) is 5.84 Å². The Labute approximate surface area is 408 Å². The third-order valence-corrected chi connectivity index (χ3v) is 14.1. The van der Waals surface area contributed by atoms with Crippen LogP contribution >= 0.6 is 0 Å². The van der Waals surface area contributed by atoms with E-state index in [-0.39, 0.29) is 0 Å². The molecule has 0 aliphatic rings. The first-order valence-corrected chi connectivity index (χ1v) is 24.0. The molecule has 0 saturated carbocycles. The molecule has 0 bridgehead atoms. The highest BCUT2D eigenvalue weighted by Crippen LogP contribution is 2.43. The number of para-hydroxylation sites is 6. The molecule has 6 heteroatoms. The lowest BCUT2D eigenvalue weighted by Gasteiger charge is -2.16. The van der Waals surface area contributed by atoms with Gasteiger partial charge in [0.25, 0.3) is 0 Å². The number of hydrogen-bond acceptors (Lipinski definition) is 3. The van der Waals surface area contributed by atoms with Crippen LogP contribution in [-0.2, 0) is 6.42 Å². The van der Waals surface area contributed by atoms with E-state index in [2.05, 4.69) is 221 Å². The first-order chi connectivity index (χ1) is 35.2. The number of nitrogens with zero attached hydrogens (tertiary/aromatic N) is 4. The van der Waals surface area contributed by atoms with Crippen molar-refractivity contribution in [3.63, 3.8) is 0 Å². The molecule has 0 fully saturated rings. The van der Waals surface area contributed by atoms with E-state index >= 15 is 0 Å². The highest BCUT2D eigenvalue weighted by molar-refractivity contribution is 6.25. The minimum absolute atomic E-state index is 0.528. The van der Waals surface area contributed by atoms with E-state index in [0.717, 1.165) is 132 Å². The van der Waals surface area contributed by atoms with Crippen LogP contribution in [0.5, 0.6) is 0 Å². The summed E-state index contributed by atoms with van der Waals surface area (Å²) in [6.45, 7) is 4.11. The Bertz CT molecular complexity index is 4520. The number of benzene rings is 10. The lowest BCUT2D eigenvalue weighted by molar-refractivity contribution is 0.672. The van der Waals surface area contributed by atoms with E-state index < -0.39 is 0 Å². The van der Waals surface area contributed by atoms with Crippen LogP contribution in [0.1, 0.15) is 16.7 Å². The maximum absolute atomic E-state index is 6.70. The van der Waals surface area contributed by atoms with E-state index in [1.807, 2.05) is 30.3 Å². The maximum atomic E-state index is 6.70. The van der Waals surface area contributed by atoms with E-state index in [1.165, 1.54) is 0 Å². The molecule has 0 aliphatic heterocycles. The summed E-state index contributed by atoms with van der Waals surface area (Å²) in [5, 5.41) is 8.85. The average Bonchev–Trinajstić information content (AvgIpc) is 4.19. The van der Waals surface area contributed by atoms with Crippen LogP contribution in [-0.4, -0.2) is 21.7 Å². The van der Waals surface area contributed by atoms with Crippen molar-refractivity contribution < 1.29 is 8.83 Å². The van der Waals surface area contributed by atoms with Gasteiger partial charge in [-0.25, -0.2) is 9.98 Å². The van der Waals surface area contributed by atoms with Crippen LogP contribution in [0.15, 0.2) is 249 Å². The highest BCUT2D eigenvalue weighted by atomic mass is 16.3. The average molecular weight is 911 g/mol. The van der Waals surface area contributed by atoms with E-state index in [4.69, 9.17) is 13.8 Å². The zero-order chi connectivity index (χ0) is 47.0. The predicted molar refractivity (Wildman–Crippen MR) is 296 cm³/mol. The van der Waals surface area contributed by atoms with Crippen molar-refractivity contribution >= 4 is 106 Å². The third kappa shape index (κ3) is 6.42. The van der Waals surface area contributed by atoms with Crippen molar-refractivity contribution in [2.75, 3.05) is 0 Å². The lowest BCUT2D eigenvalue weighted by atomic mass is 10.0. The van der Waals surface area contributed by atoms with Gasteiger partial charge >= 0.3 is 0 Å². The molecule has 0 amide bonds. The SMILES string of the molecule is C=N/C(=N\C(=C/Cc1ccccc1-n1c2ccccc2c2c3oc4ccccc4c3ccc21)c1ccccc1-n1c2ccccc2c2c3oc4ccccc4c3ccc21)c1cccc(-c2ccccc2)c1. The number of allylic oxidation sites excluding steroid dienone is 1. The normalized spacial score (nSPS) is 12.5. The second-order valence-electron chi connectivity index (χ2n) is 18.1. The predicted octanol–water partition coefficient (Wildman–Crippen LogP) is 17.1. The van der Waals surface area contributed by atoms with Crippen molar-refractivity contribution in [3.05, 3.63) is 247 Å². The summed E-state index contributed by atoms with van der Waals surface area (Å²) in [6, 6.07) is 78.7. The molecule has 71 heavy (non-hydrogen) atoms. The Morgan fingerprint density at radius 3 is 1.61 bits per heavy atom. The van der Waals surface area contributed by atoms with Crippen molar-refractivity contribution in [3.8, 4) is 22.5 Å². The minimum atomic E-state index is 0.528. The molecule has 0 saturated heterocycles.